The molecule has 0 saturated carbocycles. The van der Waals surface area contributed by atoms with Gasteiger partial charge in [-0.1, -0.05) is 19.9 Å². The van der Waals surface area contributed by atoms with Crippen molar-refractivity contribution < 1.29 is 9.53 Å². The van der Waals surface area contributed by atoms with Crippen molar-refractivity contribution in [2.45, 2.75) is 26.8 Å². The number of hydrogen-bond donors (Lipinski definition) is 1. The largest absolute Gasteiger partial charge is 0.497 e. The highest BCUT2D eigenvalue weighted by molar-refractivity contribution is 7.13. The second kappa shape index (κ2) is 7.74. The lowest BCUT2D eigenvalue weighted by Crippen LogP contribution is -2.37. The molecule has 1 aromatic carbocycles. The normalized spacial score (nSPS) is 12.2. The summed E-state index contributed by atoms with van der Waals surface area (Å²) in [6.07, 6.45) is 0. The molecule has 2 aromatic heterocycles. The lowest BCUT2D eigenvalue weighted by atomic mass is 10.1. The van der Waals surface area contributed by atoms with Gasteiger partial charge in [0.25, 0.3) is 5.91 Å². The predicted molar refractivity (Wildman–Crippen MR) is 105 cm³/mol. The summed E-state index contributed by atoms with van der Waals surface area (Å²) < 4.78 is 6.91. The van der Waals surface area contributed by atoms with E-state index < -0.39 is 0 Å². The number of nitrogens with zero attached hydrogens (tertiary/aromatic N) is 2. The van der Waals surface area contributed by atoms with Crippen molar-refractivity contribution in [2.75, 3.05) is 7.11 Å². The van der Waals surface area contributed by atoms with Crippen molar-refractivity contribution in [1.82, 2.24) is 15.1 Å². The number of amides is 1. The van der Waals surface area contributed by atoms with Crippen LogP contribution in [0.3, 0.4) is 0 Å². The molecule has 3 rings (SSSR count). The SMILES string of the molecule is COc1ccc(-n2nc(-c3cccs3)cc2C(=O)N[C@H](C)C(C)C)cc1. The van der Waals surface area contributed by atoms with Crippen LogP contribution in [-0.2, 0) is 0 Å². The number of rotatable bonds is 6. The van der Waals surface area contributed by atoms with Crippen LogP contribution in [0.4, 0.5) is 0 Å². The number of ether oxygens (including phenoxy) is 1. The van der Waals surface area contributed by atoms with Crippen LogP contribution in [0.1, 0.15) is 31.3 Å². The van der Waals surface area contributed by atoms with Crippen molar-refractivity contribution in [3.8, 4) is 22.0 Å². The van der Waals surface area contributed by atoms with E-state index in [0.29, 0.717) is 11.6 Å². The Morgan fingerprint density at radius 3 is 2.50 bits per heavy atom. The van der Waals surface area contributed by atoms with E-state index >= 15 is 0 Å². The molecule has 1 N–H and O–H groups in total. The molecule has 6 heteroatoms. The summed E-state index contributed by atoms with van der Waals surface area (Å²) in [7, 11) is 1.63. The van der Waals surface area contributed by atoms with Crippen LogP contribution in [0.15, 0.2) is 47.8 Å². The smallest absolute Gasteiger partial charge is 0.270 e. The first-order valence-electron chi connectivity index (χ1n) is 8.59. The fourth-order valence-corrected chi connectivity index (χ4v) is 3.14. The summed E-state index contributed by atoms with van der Waals surface area (Å²) in [4.78, 5) is 13.9. The number of methoxy groups -OCH3 is 1. The van der Waals surface area contributed by atoms with Crippen LogP contribution in [0.2, 0.25) is 0 Å². The molecule has 1 amide bonds. The lowest BCUT2D eigenvalue weighted by Gasteiger charge is -2.17. The van der Waals surface area contributed by atoms with E-state index in [-0.39, 0.29) is 11.9 Å². The average molecular weight is 369 g/mol. The van der Waals surface area contributed by atoms with Gasteiger partial charge in [-0.2, -0.15) is 5.10 Å². The van der Waals surface area contributed by atoms with Crippen molar-refractivity contribution in [1.29, 1.82) is 0 Å². The maximum Gasteiger partial charge on any atom is 0.270 e. The van der Waals surface area contributed by atoms with Crippen molar-refractivity contribution >= 4 is 17.2 Å². The standard InChI is InChI=1S/C20H23N3O2S/c1-13(2)14(3)21-20(24)18-12-17(19-6-5-11-26-19)22-23(18)15-7-9-16(25-4)10-8-15/h5-14H,1-4H3,(H,21,24)/t14-/m1/s1. The first kappa shape index (κ1) is 18.2. The molecule has 0 aliphatic heterocycles. The molecule has 136 valence electrons. The number of carbonyl (C=O) groups excluding carboxylic acids is 1. The lowest BCUT2D eigenvalue weighted by molar-refractivity contribution is 0.0922. The molecule has 0 unspecified atom stereocenters. The van der Waals surface area contributed by atoms with Crippen LogP contribution < -0.4 is 10.1 Å². The highest BCUT2D eigenvalue weighted by atomic mass is 32.1. The topological polar surface area (TPSA) is 56.2 Å². The third kappa shape index (κ3) is 3.80. The van der Waals surface area contributed by atoms with Gasteiger partial charge in [-0.3, -0.25) is 4.79 Å². The van der Waals surface area contributed by atoms with E-state index in [9.17, 15) is 4.79 Å². The highest BCUT2D eigenvalue weighted by Crippen LogP contribution is 2.26. The molecule has 2 heterocycles. The minimum absolute atomic E-state index is 0.0758. The minimum Gasteiger partial charge on any atom is -0.497 e. The molecule has 5 nitrogen and oxygen atoms in total. The zero-order chi connectivity index (χ0) is 18.7. The van der Waals surface area contributed by atoms with Crippen LogP contribution in [0.25, 0.3) is 16.3 Å². The Kier molecular flexibility index (Phi) is 5.42. The van der Waals surface area contributed by atoms with Gasteiger partial charge in [0.15, 0.2) is 0 Å². The number of thiophene rings is 1. The molecular weight excluding hydrogens is 346 g/mol. The summed E-state index contributed by atoms with van der Waals surface area (Å²) in [5.74, 6) is 0.990. The van der Waals surface area contributed by atoms with Gasteiger partial charge in [0.05, 0.1) is 17.7 Å². The molecule has 0 aliphatic rings. The Morgan fingerprint density at radius 2 is 1.92 bits per heavy atom. The van der Waals surface area contributed by atoms with Crippen LogP contribution in [0.5, 0.6) is 5.75 Å². The van der Waals surface area contributed by atoms with Crippen molar-refractivity contribution in [2.24, 2.45) is 5.92 Å². The molecular formula is C20H23N3O2S. The predicted octanol–water partition coefficient (Wildman–Crippen LogP) is 4.38. The van der Waals surface area contributed by atoms with E-state index in [1.54, 1.807) is 23.1 Å². The average Bonchev–Trinajstić information content (AvgIpc) is 3.31. The monoisotopic (exact) mass is 369 g/mol. The number of carbonyl (C=O) groups is 1. The number of hydrogen-bond acceptors (Lipinski definition) is 4. The van der Waals surface area contributed by atoms with E-state index in [4.69, 9.17) is 4.74 Å². The van der Waals surface area contributed by atoms with Crippen molar-refractivity contribution in [3.63, 3.8) is 0 Å². The molecule has 0 aliphatic carbocycles. The van der Waals surface area contributed by atoms with Gasteiger partial charge in [0, 0.05) is 6.04 Å². The Bertz CT molecular complexity index is 867. The zero-order valence-electron chi connectivity index (χ0n) is 15.4. The van der Waals surface area contributed by atoms with Gasteiger partial charge in [-0.05, 0) is 54.6 Å². The van der Waals surface area contributed by atoms with Gasteiger partial charge < -0.3 is 10.1 Å². The summed E-state index contributed by atoms with van der Waals surface area (Å²) >= 11 is 1.60. The van der Waals surface area contributed by atoms with Gasteiger partial charge in [-0.15, -0.1) is 11.3 Å². The Labute approximate surface area is 157 Å². The van der Waals surface area contributed by atoms with Gasteiger partial charge >= 0.3 is 0 Å². The third-order valence-electron chi connectivity index (χ3n) is 4.39. The second-order valence-electron chi connectivity index (χ2n) is 6.51. The summed E-state index contributed by atoms with van der Waals surface area (Å²) in [5.41, 5.74) is 2.13. The fourth-order valence-electron chi connectivity index (χ4n) is 2.46. The molecule has 0 bridgehead atoms. The molecule has 26 heavy (non-hydrogen) atoms. The molecule has 1 atom stereocenters. The minimum atomic E-state index is -0.127. The zero-order valence-corrected chi connectivity index (χ0v) is 16.2. The molecule has 0 radical (unpaired) electrons. The third-order valence-corrected chi connectivity index (χ3v) is 5.28. The fraction of sp³-hybridized carbons (Fsp3) is 0.300. The number of aromatic nitrogens is 2. The van der Waals surface area contributed by atoms with E-state index in [1.807, 2.05) is 54.8 Å². The summed E-state index contributed by atoms with van der Waals surface area (Å²) in [6, 6.07) is 13.4. The summed E-state index contributed by atoms with van der Waals surface area (Å²) in [6.45, 7) is 6.18. The summed E-state index contributed by atoms with van der Waals surface area (Å²) in [5, 5.41) is 9.75. The maximum atomic E-state index is 12.9. The highest BCUT2D eigenvalue weighted by Gasteiger charge is 2.20. The second-order valence-corrected chi connectivity index (χ2v) is 7.46. The van der Waals surface area contributed by atoms with Crippen LogP contribution in [0, 0.1) is 5.92 Å². The van der Waals surface area contributed by atoms with Crippen molar-refractivity contribution in [3.05, 3.63) is 53.5 Å². The van der Waals surface area contributed by atoms with Gasteiger partial charge in [0.1, 0.15) is 17.1 Å². The van der Waals surface area contributed by atoms with E-state index in [1.165, 1.54) is 0 Å². The van der Waals surface area contributed by atoms with Crippen LogP contribution >= 0.6 is 11.3 Å². The Hall–Kier alpha value is -2.60. The van der Waals surface area contributed by atoms with Gasteiger partial charge in [-0.25, -0.2) is 4.68 Å². The van der Waals surface area contributed by atoms with E-state index in [2.05, 4.69) is 24.3 Å². The molecule has 0 saturated heterocycles. The molecule has 3 aromatic rings. The number of benzene rings is 1. The Morgan fingerprint density at radius 1 is 1.19 bits per heavy atom. The molecule has 0 fully saturated rings. The van der Waals surface area contributed by atoms with Gasteiger partial charge in [0.2, 0.25) is 0 Å². The Balaban J connectivity index is 2.01. The first-order valence-corrected chi connectivity index (χ1v) is 9.46. The first-order chi connectivity index (χ1) is 12.5. The quantitative estimate of drug-likeness (QED) is 0.701. The number of nitrogens with one attached hydrogen (secondary N) is 1. The maximum absolute atomic E-state index is 12.9. The van der Waals surface area contributed by atoms with E-state index in [0.717, 1.165) is 22.0 Å². The van der Waals surface area contributed by atoms with Crippen LogP contribution in [-0.4, -0.2) is 28.8 Å². The molecule has 0 spiro atoms.